The highest BCUT2D eigenvalue weighted by molar-refractivity contribution is 7.98. The third kappa shape index (κ3) is 5.86. The van der Waals surface area contributed by atoms with Crippen molar-refractivity contribution in [2.75, 3.05) is 25.7 Å². The largest absolute Gasteiger partial charge is 0.496 e. The highest BCUT2D eigenvalue weighted by Gasteiger charge is 2.15. The molecule has 0 saturated carbocycles. The molecule has 0 amide bonds. The maximum Gasteiger partial charge on any atom is 0.240 e. The van der Waals surface area contributed by atoms with E-state index in [1.807, 2.05) is 11.8 Å². The Morgan fingerprint density at radius 2 is 2.05 bits per heavy atom. The van der Waals surface area contributed by atoms with E-state index in [2.05, 4.69) is 11.0 Å². The van der Waals surface area contributed by atoms with E-state index >= 15 is 0 Å². The molecule has 21 heavy (non-hydrogen) atoms. The second kappa shape index (κ2) is 9.30. The van der Waals surface area contributed by atoms with Crippen LogP contribution in [0.3, 0.4) is 0 Å². The molecule has 0 fully saturated rings. The molecule has 0 bridgehead atoms. The molecule has 1 aromatic rings. The molecule has 0 atom stereocenters. The lowest BCUT2D eigenvalue weighted by Gasteiger charge is -2.10. The predicted octanol–water partition coefficient (Wildman–Crippen LogP) is 1.97. The number of rotatable bonds is 10. The van der Waals surface area contributed by atoms with Gasteiger partial charge in [-0.05, 0) is 43.0 Å². The number of hydrogen-bond acceptors (Lipinski definition) is 5. The van der Waals surface area contributed by atoms with E-state index in [0.29, 0.717) is 17.9 Å². The molecule has 7 heteroatoms. The fourth-order valence-electron chi connectivity index (χ4n) is 1.92. The minimum absolute atomic E-state index is 0.230. The molecular formula is C14H24N2O3S2. The first kappa shape index (κ1) is 18.3. The van der Waals surface area contributed by atoms with Crippen LogP contribution in [0.1, 0.15) is 24.8 Å². The van der Waals surface area contributed by atoms with Crippen molar-refractivity contribution in [2.24, 2.45) is 5.73 Å². The van der Waals surface area contributed by atoms with Gasteiger partial charge in [0.2, 0.25) is 10.0 Å². The lowest BCUT2D eigenvalue weighted by molar-refractivity contribution is 0.409. The molecule has 0 aliphatic carbocycles. The van der Waals surface area contributed by atoms with E-state index in [1.165, 1.54) is 13.2 Å². The summed E-state index contributed by atoms with van der Waals surface area (Å²) in [5.74, 6) is 1.72. The summed E-state index contributed by atoms with van der Waals surface area (Å²) in [7, 11) is -1.94. The summed E-state index contributed by atoms with van der Waals surface area (Å²) in [6.07, 6.45) is 5.06. The van der Waals surface area contributed by atoms with Crippen LogP contribution in [-0.2, 0) is 16.6 Å². The van der Waals surface area contributed by atoms with E-state index in [1.54, 1.807) is 12.1 Å². The average Bonchev–Trinajstić information content (AvgIpc) is 2.49. The molecule has 0 radical (unpaired) electrons. The monoisotopic (exact) mass is 332 g/mol. The number of ether oxygens (including phenoxy) is 1. The van der Waals surface area contributed by atoms with Crippen LogP contribution in [0.2, 0.25) is 0 Å². The topological polar surface area (TPSA) is 81.4 Å². The molecule has 0 aliphatic heterocycles. The minimum atomic E-state index is -3.48. The smallest absolute Gasteiger partial charge is 0.240 e. The summed E-state index contributed by atoms with van der Waals surface area (Å²) in [6, 6.07) is 4.73. The Labute approximate surface area is 131 Å². The quantitative estimate of drug-likeness (QED) is 0.640. The van der Waals surface area contributed by atoms with Gasteiger partial charge in [0.15, 0.2) is 0 Å². The fraction of sp³-hybridized carbons (Fsp3) is 0.571. The van der Waals surface area contributed by atoms with Crippen LogP contribution >= 0.6 is 11.8 Å². The molecule has 0 aromatic heterocycles. The number of hydrogen-bond donors (Lipinski definition) is 2. The lowest BCUT2D eigenvalue weighted by Crippen LogP contribution is -2.25. The Bertz CT molecular complexity index is 533. The van der Waals surface area contributed by atoms with Gasteiger partial charge in [-0.1, -0.05) is 6.42 Å². The van der Waals surface area contributed by atoms with E-state index in [-0.39, 0.29) is 11.4 Å². The van der Waals surface area contributed by atoms with Gasteiger partial charge in [-0.2, -0.15) is 11.8 Å². The maximum absolute atomic E-state index is 12.2. The summed E-state index contributed by atoms with van der Waals surface area (Å²) >= 11 is 1.81. The van der Waals surface area contributed by atoms with Gasteiger partial charge in [0.1, 0.15) is 5.75 Å². The first-order chi connectivity index (χ1) is 10.0. The van der Waals surface area contributed by atoms with E-state index in [4.69, 9.17) is 10.5 Å². The van der Waals surface area contributed by atoms with Crippen LogP contribution in [-0.4, -0.2) is 34.1 Å². The first-order valence-electron chi connectivity index (χ1n) is 6.90. The second-order valence-electron chi connectivity index (χ2n) is 4.63. The van der Waals surface area contributed by atoms with Crippen LogP contribution in [0.4, 0.5) is 0 Å². The van der Waals surface area contributed by atoms with Gasteiger partial charge in [-0.15, -0.1) is 0 Å². The fourth-order valence-corrected chi connectivity index (χ4v) is 3.54. The zero-order valence-corrected chi connectivity index (χ0v) is 14.2. The second-order valence-corrected chi connectivity index (χ2v) is 7.38. The Hall–Kier alpha value is -0.760. The minimum Gasteiger partial charge on any atom is -0.496 e. The normalized spacial score (nSPS) is 11.6. The van der Waals surface area contributed by atoms with Gasteiger partial charge in [0.25, 0.3) is 0 Å². The van der Waals surface area contributed by atoms with Crippen LogP contribution in [0.25, 0.3) is 0 Å². The highest BCUT2D eigenvalue weighted by atomic mass is 32.2. The van der Waals surface area contributed by atoms with Crippen LogP contribution < -0.4 is 15.2 Å². The molecule has 1 rings (SSSR count). The molecule has 5 nitrogen and oxygen atoms in total. The van der Waals surface area contributed by atoms with Crippen LogP contribution in [0.5, 0.6) is 5.75 Å². The van der Waals surface area contributed by atoms with Gasteiger partial charge < -0.3 is 10.5 Å². The molecular weight excluding hydrogens is 308 g/mol. The third-order valence-corrected chi connectivity index (χ3v) is 5.26. The first-order valence-corrected chi connectivity index (χ1v) is 9.78. The van der Waals surface area contributed by atoms with Gasteiger partial charge in [-0.25, -0.2) is 13.1 Å². The van der Waals surface area contributed by atoms with Gasteiger partial charge in [0.05, 0.1) is 12.0 Å². The molecule has 0 spiro atoms. The zero-order chi connectivity index (χ0) is 15.7. The van der Waals surface area contributed by atoms with Crippen molar-refractivity contribution in [1.82, 2.24) is 4.72 Å². The number of sulfonamides is 1. The summed E-state index contributed by atoms with van der Waals surface area (Å²) in [5.41, 5.74) is 6.29. The number of benzene rings is 1. The highest BCUT2D eigenvalue weighted by Crippen LogP contribution is 2.21. The molecule has 0 saturated heterocycles. The van der Waals surface area contributed by atoms with Crippen LogP contribution in [0.15, 0.2) is 23.1 Å². The standard InChI is InChI=1S/C14H24N2O3S2/c1-19-14-7-6-13(10-12(14)11-15)21(17,18)16-8-4-3-5-9-20-2/h6-7,10,16H,3-5,8-9,11,15H2,1-2H3. The van der Waals surface area contributed by atoms with Gasteiger partial charge in [0, 0.05) is 18.7 Å². The molecule has 0 unspecified atom stereocenters. The summed E-state index contributed by atoms with van der Waals surface area (Å²) in [5, 5.41) is 0. The summed E-state index contributed by atoms with van der Waals surface area (Å²) in [6.45, 7) is 0.696. The van der Waals surface area contributed by atoms with Crippen molar-refractivity contribution < 1.29 is 13.2 Å². The van der Waals surface area contributed by atoms with E-state index in [9.17, 15) is 8.42 Å². The van der Waals surface area contributed by atoms with Crippen molar-refractivity contribution >= 4 is 21.8 Å². The lowest BCUT2D eigenvalue weighted by atomic mass is 10.2. The average molecular weight is 332 g/mol. The predicted molar refractivity (Wildman–Crippen MR) is 88.3 cm³/mol. The van der Waals surface area contributed by atoms with E-state index < -0.39 is 10.0 Å². The van der Waals surface area contributed by atoms with Crippen LogP contribution in [0, 0.1) is 0 Å². The number of methoxy groups -OCH3 is 1. The SMILES string of the molecule is COc1ccc(S(=O)(=O)NCCCCCSC)cc1CN. The van der Waals surface area contributed by atoms with Crippen molar-refractivity contribution in [3.63, 3.8) is 0 Å². The molecule has 0 aliphatic rings. The maximum atomic E-state index is 12.2. The van der Waals surface area contributed by atoms with Gasteiger partial charge in [-0.3, -0.25) is 0 Å². The van der Waals surface area contributed by atoms with Crippen molar-refractivity contribution in [1.29, 1.82) is 0 Å². The van der Waals surface area contributed by atoms with Crippen molar-refractivity contribution in [3.8, 4) is 5.75 Å². The third-order valence-electron chi connectivity index (χ3n) is 3.10. The number of unbranched alkanes of at least 4 members (excludes halogenated alkanes) is 2. The number of nitrogens with two attached hydrogens (primary N) is 1. The van der Waals surface area contributed by atoms with Gasteiger partial charge >= 0.3 is 0 Å². The number of nitrogens with one attached hydrogen (secondary N) is 1. The summed E-state index contributed by atoms with van der Waals surface area (Å²) in [4.78, 5) is 0.230. The zero-order valence-electron chi connectivity index (χ0n) is 12.6. The molecule has 0 heterocycles. The van der Waals surface area contributed by atoms with Crippen molar-refractivity contribution in [3.05, 3.63) is 23.8 Å². The number of thioether (sulfide) groups is 1. The van der Waals surface area contributed by atoms with Crippen molar-refractivity contribution in [2.45, 2.75) is 30.7 Å². The molecule has 1 aromatic carbocycles. The Kier molecular flexibility index (Phi) is 8.10. The Morgan fingerprint density at radius 3 is 2.67 bits per heavy atom. The summed E-state index contributed by atoms with van der Waals surface area (Å²) < 4.78 is 32.2. The molecule has 120 valence electrons. The molecule has 3 N–H and O–H groups in total. The Morgan fingerprint density at radius 1 is 1.29 bits per heavy atom. The Balaban J connectivity index is 2.62. The van der Waals surface area contributed by atoms with E-state index in [0.717, 1.165) is 25.0 Å².